The SMILES string of the molecule is Cc1ccc(N2CC(C(=O)Nc3ccc(C(=O)NCCNC(=O)c4ccco4)cc3)CC2=O)cc1C. The molecule has 3 aromatic rings. The van der Waals surface area contributed by atoms with Gasteiger partial charge in [-0.15, -0.1) is 0 Å². The number of carbonyl (C=O) groups excluding carboxylic acids is 4. The van der Waals surface area contributed by atoms with Crippen molar-refractivity contribution in [2.75, 3.05) is 29.9 Å². The first-order valence-corrected chi connectivity index (χ1v) is 11.7. The number of nitrogens with zero attached hydrogens (tertiary/aromatic N) is 1. The predicted molar refractivity (Wildman–Crippen MR) is 135 cm³/mol. The molecule has 1 atom stereocenters. The number of anilines is 2. The monoisotopic (exact) mass is 488 g/mol. The van der Waals surface area contributed by atoms with Gasteiger partial charge in [-0.25, -0.2) is 0 Å². The first-order chi connectivity index (χ1) is 17.3. The number of rotatable bonds is 8. The predicted octanol–water partition coefficient (Wildman–Crippen LogP) is 3.05. The molecule has 1 unspecified atom stereocenters. The second-order valence-electron chi connectivity index (χ2n) is 8.73. The molecule has 36 heavy (non-hydrogen) atoms. The topological polar surface area (TPSA) is 121 Å². The maximum absolute atomic E-state index is 12.8. The van der Waals surface area contributed by atoms with Crippen LogP contribution in [0.15, 0.2) is 65.3 Å². The van der Waals surface area contributed by atoms with Gasteiger partial charge in [0.25, 0.3) is 11.8 Å². The van der Waals surface area contributed by atoms with Gasteiger partial charge in [0.2, 0.25) is 11.8 Å². The maximum atomic E-state index is 12.8. The largest absolute Gasteiger partial charge is 0.459 e. The van der Waals surface area contributed by atoms with Crippen LogP contribution in [0.4, 0.5) is 11.4 Å². The molecule has 1 aliphatic rings. The fraction of sp³-hybridized carbons (Fsp3) is 0.259. The van der Waals surface area contributed by atoms with Gasteiger partial charge in [0, 0.05) is 43.0 Å². The summed E-state index contributed by atoms with van der Waals surface area (Å²) < 4.78 is 5.00. The van der Waals surface area contributed by atoms with Crippen LogP contribution in [-0.2, 0) is 9.59 Å². The first-order valence-electron chi connectivity index (χ1n) is 11.7. The van der Waals surface area contributed by atoms with Crippen molar-refractivity contribution in [1.82, 2.24) is 10.6 Å². The number of hydrogen-bond acceptors (Lipinski definition) is 5. The van der Waals surface area contributed by atoms with E-state index in [4.69, 9.17) is 4.42 Å². The summed E-state index contributed by atoms with van der Waals surface area (Å²) >= 11 is 0. The molecule has 2 heterocycles. The molecule has 186 valence electrons. The quantitative estimate of drug-likeness (QED) is 0.421. The van der Waals surface area contributed by atoms with Crippen molar-refractivity contribution in [2.24, 2.45) is 5.92 Å². The maximum Gasteiger partial charge on any atom is 0.287 e. The van der Waals surface area contributed by atoms with E-state index in [1.807, 2.05) is 32.0 Å². The van der Waals surface area contributed by atoms with Crippen LogP contribution in [-0.4, -0.2) is 43.3 Å². The second kappa shape index (κ2) is 10.9. The molecule has 4 amide bonds. The second-order valence-corrected chi connectivity index (χ2v) is 8.73. The van der Waals surface area contributed by atoms with Crippen LogP contribution in [0.1, 0.15) is 38.5 Å². The highest BCUT2D eigenvalue weighted by molar-refractivity contribution is 6.03. The summed E-state index contributed by atoms with van der Waals surface area (Å²) in [6.45, 7) is 4.83. The minimum Gasteiger partial charge on any atom is -0.459 e. The van der Waals surface area contributed by atoms with Crippen molar-refractivity contribution in [2.45, 2.75) is 20.3 Å². The number of amides is 4. The molecule has 0 bridgehead atoms. The molecule has 0 saturated carbocycles. The van der Waals surface area contributed by atoms with Crippen molar-refractivity contribution in [3.05, 3.63) is 83.3 Å². The number of hydrogen-bond donors (Lipinski definition) is 3. The van der Waals surface area contributed by atoms with E-state index >= 15 is 0 Å². The van der Waals surface area contributed by atoms with E-state index in [9.17, 15) is 19.2 Å². The third kappa shape index (κ3) is 5.80. The fourth-order valence-electron chi connectivity index (χ4n) is 3.92. The van der Waals surface area contributed by atoms with Crippen molar-refractivity contribution in [3.63, 3.8) is 0 Å². The third-order valence-electron chi connectivity index (χ3n) is 6.15. The molecule has 2 aromatic carbocycles. The lowest BCUT2D eigenvalue weighted by molar-refractivity contribution is -0.122. The lowest BCUT2D eigenvalue weighted by Crippen LogP contribution is -2.34. The van der Waals surface area contributed by atoms with E-state index in [1.54, 1.807) is 41.3 Å². The Kier molecular flexibility index (Phi) is 7.48. The summed E-state index contributed by atoms with van der Waals surface area (Å²) in [6, 6.07) is 15.5. The van der Waals surface area contributed by atoms with Crippen LogP contribution >= 0.6 is 0 Å². The molecule has 9 nitrogen and oxygen atoms in total. The van der Waals surface area contributed by atoms with Gasteiger partial charge in [0.05, 0.1) is 12.2 Å². The van der Waals surface area contributed by atoms with Gasteiger partial charge in [-0.05, 0) is 73.5 Å². The molecule has 1 aromatic heterocycles. The Morgan fingerprint density at radius 1 is 0.944 bits per heavy atom. The highest BCUT2D eigenvalue weighted by atomic mass is 16.3. The lowest BCUT2D eigenvalue weighted by Gasteiger charge is -2.18. The molecule has 1 aliphatic heterocycles. The van der Waals surface area contributed by atoms with Gasteiger partial charge in [-0.1, -0.05) is 6.07 Å². The zero-order valence-corrected chi connectivity index (χ0v) is 20.2. The van der Waals surface area contributed by atoms with Gasteiger partial charge in [-0.3, -0.25) is 19.2 Å². The number of benzene rings is 2. The van der Waals surface area contributed by atoms with Crippen LogP contribution in [0.3, 0.4) is 0 Å². The molecule has 0 spiro atoms. The average Bonchev–Trinajstić information content (AvgIpc) is 3.54. The Balaban J connectivity index is 1.25. The van der Waals surface area contributed by atoms with Crippen LogP contribution in [0.5, 0.6) is 0 Å². The highest BCUT2D eigenvalue weighted by Gasteiger charge is 2.35. The first kappa shape index (κ1) is 24.7. The molecule has 0 radical (unpaired) electrons. The number of furan rings is 1. The molecule has 1 saturated heterocycles. The van der Waals surface area contributed by atoms with Gasteiger partial charge >= 0.3 is 0 Å². The van der Waals surface area contributed by atoms with E-state index < -0.39 is 5.92 Å². The van der Waals surface area contributed by atoms with E-state index in [2.05, 4.69) is 16.0 Å². The Hall–Kier alpha value is -4.40. The van der Waals surface area contributed by atoms with Gasteiger partial charge < -0.3 is 25.3 Å². The minimum atomic E-state index is -0.460. The molecular formula is C27H28N4O5. The number of nitrogens with one attached hydrogen (secondary N) is 3. The van der Waals surface area contributed by atoms with Gasteiger partial charge in [0.1, 0.15) is 0 Å². The summed E-state index contributed by atoms with van der Waals surface area (Å²) in [4.78, 5) is 51.1. The standard InChI is InChI=1S/C27H28N4O5/c1-17-5-10-22(14-18(17)2)31-16-20(15-24(31)32)26(34)30-21-8-6-19(7-9-21)25(33)28-11-12-29-27(35)23-4-3-13-36-23/h3-10,13-14,20H,11-12,15-16H2,1-2H3,(H,28,33)(H,29,35)(H,30,34). The van der Waals surface area contributed by atoms with Gasteiger partial charge in [-0.2, -0.15) is 0 Å². The minimum absolute atomic E-state index is 0.0780. The van der Waals surface area contributed by atoms with E-state index in [1.165, 1.54) is 6.26 Å². The van der Waals surface area contributed by atoms with E-state index in [-0.39, 0.29) is 48.9 Å². The van der Waals surface area contributed by atoms with Crippen LogP contribution in [0.25, 0.3) is 0 Å². The van der Waals surface area contributed by atoms with E-state index in [0.717, 1.165) is 16.8 Å². The van der Waals surface area contributed by atoms with Crippen molar-refractivity contribution in [3.8, 4) is 0 Å². The number of carbonyl (C=O) groups is 4. The van der Waals surface area contributed by atoms with Crippen LogP contribution < -0.4 is 20.9 Å². The molecule has 9 heteroatoms. The average molecular weight is 489 g/mol. The number of aryl methyl sites for hydroxylation is 2. The summed E-state index contributed by atoms with van der Waals surface area (Å²) in [5.41, 5.74) is 4.00. The summed E-state index contributed by atoms with van der Waals surface area (Å²) in [5, 5.41) is 8.21. The van der Waals surface area contributed by atoms with Crippen molar-refractivity contribution < 1.29 is 23.6 Å². The Morgan fingerprint density at radius 3 is 2.33 bits per heavy atom. The summed E-state index contributed by atoms with van der Waals surface area (Å²) in [7, 11) is 0. The summed E-state index contributed by atoms with van der Waals surface area (Å²) in [5.74, 6) is -1.22. The highest BCUT2D eigenvalue weighted by Crippen LogP contribution is 2.27. The lowest BCUT2D eigenvalue weighted by atomic mass is 10.1. The molecule has 0 aliphatic carbocycles. The zero-order valence-electron chi connectivity index (χ0n) is 20.2. The Labute approximate surface area is 208 Å². The van der Waals surface area contributed by atoms with Crippen LogP contribution in [0, 0.1) is 19.8 Å². The Bertz CT molecular complexity index is 1270. The van der Waals surface area contributed by atoms with E-state index in [0.29, 0.717) is 17.8 Å². The molecule has 4 rings (SSSR count). The van der Waals surface area contributed by atoms with Crippen molar-refractivity contribution in [1.29, 1.82) is 0 Å². The van der Waals surface area contributed by atoms with Crippen molar-refractivity contribution >= 4 is 35.0 Å². The summed E-state index contributed by atoms with van der Waals surface area (Å²) in [6.07, 6.45) is 1.56. The third-order valence-corrected chi connectivity index (χ3v) is 6.15. The smallest absolute Gasteiger partial charge is 0.287 e. The van der Waals surface area contributed by atoms with Crippen LogP contribution in [0.2, 0.25) is 0 Å². The molecule has 3 N–H and O–H groups in total. The Morgan fingerprint density at radius 2 is 1.67 bits per heavy atom. The van der Waals surface area contributed by atoms with Gasteiger partial charge in [0.15, 0.2) is 5.76 Å². The molecular weight excluding hydrogens is 460 g/mol. The zero-order chi connectivity index (χ0) is 25.7. The molecule has 1 fully saturated rings. The fourth-order valence-corrected chi connectivity index (χ4v) is 3.92. The normalized spacial score (nSPS) is 15.0.